The number of rotatable bonds is 0. The van der Waals surface area contributed by atoms with Crippen molar-refractivity contribution < 1.29 is 4.74 Å². The summed E-state index contributed by atoms with van der Waals surface area (Å²) in [4.78, 5) is 0. The van der Waals surface area contributed by atoms with Crippen molar-refractivity contribution >= 4 is 0 Å². The van der Waals surface area contributed by atoms with Crippen molar-refractivity contribution in [1.82, 2.24) is 0 Å². The van der Waals surface area contributed by atoms with Gasteiger partial charge in [0.2, 0.25) is 0 Å². The summed E-state index contributed by atoms with van der Waals surface area (Å²) in [7, 11) is 0. The molecule has 1 saturated heterocycles. The van der Waals surface area contributed by atoms with Crippen molar-refractivity contribution in [3.8, 4) is 0 Å². The highest BCUT2D eigenvalue weighted by Crippen LogP contribution is 2.07. The fourth-order valence-electron chi connectivity index (χ4n) is 1.08. The van der Waals surface area contributed by atoms with Gasteiger partial charge in [-0.1, -0.05) is 19.3 Å². The van der Waals surface area contributed by atoms with Gasteiger partial charge in [0.1, 0.15) is 0 Å². The van der Waals surface area contributed by atoms with E-state index in [9.17, 15) is 0 Å². The second kappa shape index (κ2) is 4.80. The smallest absolute Gasteiger partial charge is 0.0468 e. The topological polar surface area (TPSA) is 9.23 Å². The van der Waals surface area contributed by atoms with Crippen LogP contribution in [0.2, 0.25) is 0 Å². The van der Waals surface area contributed by atoms with Gasteiger partial charge in [-0.05, 0) is 19.3 Å². The first-order valence-corrected chi connectivity index (χ1v) is 3.89. The van der Waals surface area contributed by atoms with Crippen LogP contribution in [0.5, 0.6) is 0 Å². The van der Waals surface area contributed by atoms with E-state index in [1.54, 1.807) is 0 Å². The lowest BCUT2D eigenvalue weighted by atomic mass is 10.1. The summed E-state index contributed by atoms with van der Waals surface area (Å²) in [5, 5.41) is 0. The van der Waals surface area contributed by atoms with Crippen molar-refractivity contribution in [2.75, 3.05) is 13.2 Å². The van der Waals surface area contributed by atoms with Gasteiger partial charge in [0.15, 0.2) is 0 Å². The molecule has 1 radical (unpaired) electrons. The van der Waals surface area contributed by atoms with E-state index in [-0.39, 0.29) is 0 Å². The zero-order valence-electron chi connectivity index (χ0n) is 5.94. The Labute approximate surface area is 57.4 Å². The fraction of sp³-hybridized carbons (Fsp3) is 0.875. The maximum Gasteiger partial charge on any atom is 0.0468 e. The monoisotopic (exact) mass is 127 g/mol. The summed E-state index contributed by atoms with van der Waals surface area (Å²) < 4.78 is 5.32. The third-order valence-electron chi connectivity index (χ3n) is 1.66. The molecule has 1 rings (SSSR count). The Kier molecular flexibility index (Phi) is 3.77. The van der Waals surface area contributed by atoms with Gasteiger partial charge in [-0.25, -0.2) is 0 Å². The van der Waals surface area contributed by atoms with E-state index in [1.165, 1.54) is 25.7 Å². The van der Waals surface area contributed by atoms with Crippen LogP contribution in [-0.2, 0) is 4.74 Å². The molecule has 53 valence electrons. The minimum absolute atomic E-state index is 0.944. The Morgan fingerprint density at radius 2 is 1.89 bits per heavy atom. The highest BCUT2D eigenvalue weighted by molar-refractivity contribution is 4.65. The normalized spacial score (nSPS) is 24.0. The molecular weight excluding hydrogens is 112 g/mol. The first-order chi connectivity index (χ1) is 4.50. The summed E-state index contributed by atoms with van der Waals surface area (Å²) in [6.45, 7) is 1.92. The first-order valence-electron chi connectivity index (χ1n) is 3.89. The lowest BCUT2D eigenvalue weighted by molar-refractivity contribution is 0.135. The van der Waals surface area contributed by atoms with Gasteiger partial charge in [-0.2, -0.15) is 0 Å². The molecule has 0 bridgehead atoms. The average Bonchev–Trinajstić information content (AvgIpc) is 2.00. The van der Waals surface area contributed by atoms with Crippen LogP contribution >= 0.6 is 0 Å². The Hall–Kier alpha value is -0.0400. The van der Waals surface area contributed by atoms with E-state index >= 15 is 0 Å². The van der Waals surface area contributed by atoms with Crippen LogP contribution in [0.25, 0.3) is 0 Å². The molecule has 0 N–H and O–H groups in total. The lowest BCUT2D eigenvalue weighted by Crippen LogP contribution is -1.94. The van der Waals surface area contributed by atoms with Crippen LogP contribution in [0, 0.1) is 6.42 Å². The van der Waals surface area contributed by atoms with Gasteiger partial charge in [-0.3, -0.25) is 0 Å². The molecule has 1 aliphatic rings. The van der Waals surface area contributed by atoms with E-state index in [0.717, 1.165) is 19.6 Å². The zero-order chi connectivity index (χ0) is 6.36. The van der Waals surface area contributed by atoms with Gasteiger partial charge >= 0.3 is 0 Å². The third kappa shape index (κ3) is 3.52. The lowest BCUT2D eigenvalue weighted by Gasteiger charge is -1.97. The summed E-state index contributed by atoms with van der Waals surface area (Å²) >= 11 is 0. The second-order valence-electron chi connectivity index (χ2n) is 2.54. The summed E-state index contributed by atoms with van der Waals surface area (Å²) in [6, 6.07) is 0. The van der Waals surface area contributed by atoms with E-state index < -0.39 is 0 Å². The van der Waals surface area contributed by atoms with Crippen molar-refractivity contribution in [2.45, 2.75) is 32.1 Å². The molecule has 0 unspecified atom stereocenters. The molecule has 0 aliphatic carbocycles. The van der Waals surface area contributed by atoms with Crippen molar-refractivity contribution in [3.05, 3.63) is 6.42 Å². The SMILES string of the molecule is [CH]1CCCCCOCC1. The molecule has 0 atom stereocenters. The highest BCUT2D eigenvalue weighted by atomic mass is 16.5. The molecular formula is C8H15O. The molecule has 1 aliphatic heterocycles. The van der Waals surface area contributed by atoms with E-state index in [0.29, 0.717) is 0 Å². The Morgan fingerprint density at radius 3 is 2.89 bits per heavy atom. The van der Waals surface area contributed by atoms with Gasteiger partial charge < -0.3 is 4.74 Å². The third-order valence-corrected chi connectivity index (χ3v) is 1.66. The van der Waals surface area contributed by atoms with Crippen molar-refractivity contribution in [3.63, 3.8) is 0 Å². The van der Waals surface area contributed by atoms with Crippen LogP contribution in [0.4, 0.5) is 0 Å². The molecule has 0 aromatic carbocycles. The standard InChI is InChI=1S/C8H15O/c1-2-4-6-8-9-7-5-3-1/h3H,1-2,4-8H2. The number of hydrogen-bond acceptors (Lipinski definition) is 1. The fourth-order valence-corrected chi connectivity index (χ4v) is 1.08. The predicted octanol–water partition coefficient (Wildman–Crippen LogP) is 2.17. The Morgan fingerprint density at radius 1 is 0.889 bits per heavy atom. The maximum absolute atomic E-state index is 5.32. The molecule has 0 aromatic rings. The van der Waals surface area contributed by atoms with Crippen molar-refractivity contribution in [2.24, 2.45) is 0 Å². The second-order valence-corrected chi connectivity index (χ2v) is 2.54. The van der Waals surface area contributed by atoms with Gasteiger partial charge in [-0.15, -0.1) is 0 Å². The van der Waals surface area contributed by atoms with Crippen LogP contribution in [0.1, 0.15) is 32.1 Å². The van der Waals surface area contributed by atoms with Gasteiger partial charge in [0.25, 0.3) is 0 Å². The predicted molar refractivity (Wildman–Crippen MR) is 38.2 cm³/mol. The van der Waals surface area contributed by atoms with Crippen LogP contribution in [0.3, 0.4) is 0 Å². The molecule has 1 heterocycles. The Balaban J connectivity index is 2.02. The zero-order valence-corrected chi connectivity index (χ0v) is 5.94. The van der Waals surface area contributed by atoms with Gasteiger partial charge in [0.05, 0.1) is 0 Å². The number of ether oxygens (including phenoxy) is 1. The molecule has 0 saturated carbocycles. The summed E-state index contributed by atoms with van der Waals surface area (Å²) in [6.07, 6.45) is 8.75. The first kappa shape index (κ1) is 7.07. The summed E-state index contributed by atoms with van der Waals surface area (Å²) in [5.41, 5.74) is 0. The quantitative estimate of drug-likeness (QED) is 0.484. The van der Waals surface area contributed by atoms with Gasteiger partial charge in [0, 0.05) is 13.2 Å². The largest absolute Gasteiger partial charge is 0.381 e. The molecule has 0 amide bonds. The molecule has 1 heteroatoms. The van der Waals surface area contributed by atoms with Crippen LogP contribution < -0.4 is 0 Å². The average molecular weight is 127 g/mol. The molecule has 9 heavy (non-hydrogen) atoms. The summed E-state index contributed by atoms with van der Waals surface area (Å²) in [5.74, 6) is 0. The van der Waals surface area contributed by atoms with E-state index in [1.807, 2.05) is 0 Å². The minimum Gasteiger partial charge on any atom is -0.381 e. The molecule has 1 fully saturated rings. The van der Waals surface area contributed by atoms with E-state index in [2.05, 4.69) is 6.42 Å². The highest BCUT2D eigenvalue weighted by Gasteiger charge is 1.95. The van der Waals surface area contributed by atoms with Crippen LogP contribution in [0.15, 0.2) is 0 Å². The van der Waals surface area contributed by atoms with Crippen LogP contribution in [-0.4, -0.2) is 13.2 Å². The minimum atomic E-state index is 0.944. The molecule has 0 aromatic heterocycles. The molecule has 1 nitrogen and oxygen atoms in total. The van der Waals surface area contributed by atoms with Crippen molar-refractivity contribution in [1.29, 1.82) is 0 Å². The maximum atomic E-state index is 5.32. The Bertz CT molecular complexity index is 33.1. The number of hydrogen-bond donors (Lipinski definition) is 0. The van der Waals surface area contributed by atoms with E-state index in [4.69, 9.17) is 4.74 Å². The molecule has 0 spiro atoms.